The van der Waals surface area contributed by atoms with E-state index in [4.69, 9.17) is 0 Å². The molecule has 0 nitrogen and oxygen atoms in total. The Morgan fingerprint density at radius 1 is 1.38 bits per heavy atom. The summed E-state index contributed by atoms with van der Waals surface area (Å²) in [5.74, 6) is 0. The Bertz CT molecular complexity index is 43.7. The summed E-state index contributed by atoms with van der Waals surface area (Å²) in [5.41, 5.74) is 0. The highest BCUT2D eigenvalue weighted by atomic mass is 27.0. The second kappa shape index (κ2) is 5.67. The molecule has 0 heterocycles. The zero-order valence-corrected chi connectivity index (χ0v) is 8.41. The first-order chi connectivity index (χ1) is 3.81. The van der Waals surface area contributed by atoms with Crippen molar-refractivity contribution in [2.75, 3.05) is 0 Å². The van der Waals surface area contributed by atoms with Crippen molar-refractivity contribution in [1.29, 1.82) is 0 Å². The van der Waals surface area contributed by atoms with Crippen molar-refractivity contribution >= 4 is 16.3 Å². The average molecular weight is 128 g/mol. The summed E-state index contributed by atoms with van der Waals surface area (Å²) in [4.78, 5) is 0. The minimum Gasteiger partial charge on any atom is -0.0904 e. The molecule has 1 atom stereocenters. The molecule has 0 aliphatic heterocycles. The Morgan fingerprint density at radius 3 is 2.38 bits per heavy atom. The summed E-state index contributed by atoms with van der Waals surface area (Å²) < 4.78 is 1.09. The van der Waals surface area contributed by atoms with Gasteiger partial charge in [0.25, 0.3) is 0 Å². The molecule has 8 heavy (non-hydrogen) atoms. The van der Waals surface area contributed by atoms with Gasteiger partial charge in [0, 0.05) is 0 Å². The van der Waals surface area contributed by atoms with Crippen LogP contribution in [0, 0.1) is 0 Å². The van der Waals surface area contributed by atoms with Crippen LogP contribution in [0.2, 0.25) is 4.78 Å². The maximum Gasteiger partial charge on any atom is 0.216 e. The quantitative estimate of drug-likeness (QED) is 0.508. The first kappa shape index (κ1) is 8.53. The zero-order chi connectivity index (χ0) is 6.41. The zero-order valence-electron chi connectivity index (χ0n) is 6.41. The van der Waals surface area contributed by atoms with Crippen molar-refractivity contribution in [3.05, 3.63) is 0 Å². The van der Waals surface area contributed by atoms with Gasteiger partial charge in [-0.25, -0.2) is 0 Å². The number of rotatable bonds is 4. The van der Waals surface area contributed by atoms with Crippen LogP contribution in [-0.2, 0) is 0 Å². The van der Waals surface area contributed by atoms with Crippen molar-refractivity contribution < 1.29 is 0 Å². The van der Waals surface area contributed by atoms with Gasteiger partial charge in [-0.1, -0.05) is 44.3 Å². The third-order valence-electron chi connectivity index (χ3n) is 1.75. The summed E-state index contributed by atoms with van der Waals surface area (Å²) in [7, 11) is 0. The molecule has 48 valence electrons. The van der Waals surface area contributed by atoms with Crippen LogP contribution in [0.1, 0.15) is 39.5 Å². The van der Waals surface area contributed by atoms with Crippen LogP contribution in [0.3, 0.4) is 0 Å². The third kappa shape index (κ3) is 4.69. The van der Waals surface area contributed by atoms with E-state index in [0.717, 1.165) is 4.78 Å². The van der Waals surface area contributed by atoms with Gasteiger partial charge in [-0.2, -0.15) is 0 Å². The van der Waals surface area contributed by atoms with E-state index in [1.165, 1.54) is 42.0 Å². The lowest BCUT2D eigenvalue weighted by Crippen LogP contribution is -1.88. The Morgan fingerprint density at radius 2 is 2.00 bits per heavy atom. The Kier molecular flexibility index (Phi) is 6.04. The predicted octanol–water partition coefficient (Wildman–Crippen LogP) is 2.01. The van der Waals surface area contributed by atoms with Gasteiger partial charge >= 0.3 is 0 Å². The van der Waals surface area contributed by atoms with E-state index in [1.54, 1.807) is 0 Å². The molecule has 0 bridgehead atoms. The molecule has 0 aromatic rings. The first-order valence-corrected chi connectivity index (χ1v) is 4.96. The van der Waals surface area contributed by atoms with Gasteiger partial charge in [0.05, 0.1) is 0 Å². The molecule has 0 aliphatic carbocycles. The molecule has 0 fully saturated rings. The Hall–Kier alpha value is 0.532. The van der Waals surface area contributed by atoms with Crippen LogP contribution in [-0.4, -0.2) is 16.3 Å². The molecule has 1 unspecified atom stereocenters. The molecule has 0 rings (SSSR count). The van der Waals surface area contributed by atoms with Gasteiger partial charge in [0.15, 0.2) is 0 Å². The highest BCUT2D eigenvalue weighted by molar-refractivity contribution is 6.11. The van der Waals surface area contributed by atoms with Crippen LogP contribution in [0.4, 0.5) is 0 Å². The fraction of sp³-hybridized carbons (Fsp3) is 1.00. The predicted molar refractivity (Wildman–Crippen MR) is 42.1 cm³/mol. The highest BCUT2D eigenvalue weighted by Gasteiger charge is 1.95. The van der Waals surface area contributed by atoms with Gasteiger partial charge in [-0.05, 0) is 0 Å². The van der Waals surface area contributed by atoms with Crippen LogP contribution in [0.15, 0.2) is 0 Å². The van der Waals surface area contributed by atoms with Crippen molar-refractivity contribution in [2.24, 2.45) is 0 Å². The van der Waals surface area contributed by atoms with Gasteiger partial charge in [-0.3, -0.25) is 0 Å². The van der Waals surface area contributed by atoms with Crippen molar-refractivity contribution in [3.8, 4) is 0 Å². The second-order valence-electron chi connectivity index (χ2n) is 2.66. The lowest BCUT2D eigenvalue weighted by atomic mass is 10.2. The standard InChI is InChI=1S/C7H15.Al.2H/c1-3-5-7-6-4-2;;;/h5H,3-4,6-7H2,1-2H3;;;. The summed E-state index contributed by atoms with van der Waals surface area (Å²) in [6, 6.07) is 0. The van der Waals surface area contributed by atoms with Gasteiger partial charge in [-0.15, -0.1) is 0 Å². The fourth-order valence-corrected chi connectivity index (χ4v) is 1.16. The van der Waals surface area contributed by atoms with E-state index in [1.807, 2.05) is 0 Å². The van der Waals surface area contributed by atoms with Crippen LogP contribution >= 0.6 is 0 Å². The van der Waals surface area contributed by atoms with E-state index in [9.17, 15) is 0 Å². The van der Waals surface area contributed by atoms with Crippen LogP contribution in [0.25, 0.3) is 0 Å². The van der Waals surface area contributed by atoms with E-state index in [-0.39, 0.29) is 0 Å². The molecular weight excluding hydrogens is 111 g/mol. The number of unbranched alkanes of at least 4 members (excludes halogenated alkanes) is 1. The average Bonchev–Trinajstić information content (AvgIpc) is 1.83. The number of hydrogen-bond acceptors (Lipinski definition) is 0. The van der Waals surface area contributed by atoms with Crippen molar-refractivity contribution in [1.82, 2.24) is 0 Å². The van der Waals surface area contributed by atoms with Crippen LogP contribution < -0.4 is 0 Å². The third-order valence-corrected chi connectivity index (χ3v) is 3.14. The Balaban J connectivity index is 2.86. The molecule has 0 aromatic carbocycles. The molecular formula is C7H17Al. The smallest absolute Gasteiger partial charge is 0.0904 e. The van der Waals surface area contributed by atoms with E-state index in [2.05, 4.69) is 13.8 Å². The molecule has 0 amide bonds. The maximum absolute atomic E-state index is 2.30. The first-order valence-electron chi connectivity index (χ1n) is 3.81. The summed E-state index contributed by atoms with van der Waals surface area (Å²) in [6.07, 6.45) is 5.71. The summed E-state index contributed by atoms with van der Waals surface area (Å²) in [5, 5.41) is 0. The van der Waals surface area contributed by atoms with Crippen molar-refractivity contribution in [3.63, 3.8) is 0 Å². The van der Waals surface area contributed by atoms with E-state index < -0.39 is 0 Å². The number of hydrogen-bond donors (Lipinski definition) is 0. The molecule has 0 spiro atoms. The largest absolute Gasteiger partial charge is 0.216 e. The molecule has 1 heteroatoms. The van der Waals surface area contributed by atoms with Crippen LogP contribution in [0.5, 0.6) is 0 Å². The van der Waals surface area contributed by atoms with Crippen molar-refractivity contribution in [2.45, 2.75) is 44.3 Å². The molecule has 0 aliphatic rings. The minimum absolute atomic E-state index is 1.09. The second-order valence-corrected chi connectivity index (χ2v) is 4.29. The highest BCUT2D eigenvalue weighted by Crippen LogP contribution is 2.13. The molecule has 0 radical (unpaired) electrons. The summed E-state index contributed by atoms with van der Waals surface area (Å²) >= 11 is 1.40. The van der Waals surface area contributed by atoms with Gasteiger partial charge in [0.2, 0.25) is 16.3 Å². The SMILES string of the molecule is CCCC[CH]([AlH2])CC. The molecule has 0 saturated heterocycles. The normalized spacial score (nSPS) is 13.8. The molecule has 0 aromatic heterocycles. The topological polar surface area (TPSA) is 0 Å². The summed E-state index contributed by atoms with van der Waals surface area (Å²) in [6.45, 7) is 4.57. The maximum atomic E-state index is 2.30. The van der Waals surface area contributed by atoms with E-state index in [0.29, 0.717) is 0 Å². The van der Waals surface area contributed by atoms with Gasteiger partial charge < -0.3 is 0 Å². The van der Waals surface area contributed by atoms with E-state index >= 15 is 0 Å². The monoisotopic (exact) mass is 128 g/mol. The minimum atomic E-state index is 1.09. The molecule has 0 saturated carbocycles. The molecule has 0 N–H and O–H groups in total. The Labute approximate surface area is 61.1 Å². The fourth-order valence-electron chi connectivity index (χ4n) is 0.757. The van der Waals surface area contributed by atoms with Gasteiger partial charge in [0.1, 0.15) is 0 Å². The lowest BCUT2D eigenvalue weighted by molar-refractivity contribution is 0.655. The lowest BCUT2D eigenvalue weighted by Gasteiger charge is -2.04.